The van der Waals surface area contributed by atoms with Gasteiger partial charge in [0.05, 0.1) is 12.0 Å². The molecule has 7 nitrogen and oxygen atoms in total. The van der Waals surface area contributed by atoms with Crippen molar-refractivity contribution in [3.05, 3.63) is 0 Å². The van der Waals surface area contributed by atoms with Crippen LogP contribution in [0.4, 0.5) is 4.79 Å². The minimum atomic E-state index is -0.922. The first-order valence-corrected chi connectivity index (χ1v) is 6.00. The Hall–Kier alpha value is -1.79. The first-order valence-electron chi connectivity index (χ1n) is 6.00. The minimum absolute atomic E-state index is 0.0688. The number of primary amides is 1. The largest absolute Gasteiger partial charge is 0.481 e. The van der Waals surface area contributed by atoms with Gasteiger partial charge in [0.25, 0.3) is 0 Å². The lowest BCUT2D eigenvalue weighted by atomic mass is 9.93. The van der Waals surface area contributed by atoms with Crippen molar-refractivity contribution >= 4 is 17.9 Å². The van der Waals surface area contributed by atoms with E-state index in [-0.39, 0.29) is 19.4 Å². The number of aliphatic carboxylic acids is 1. The Labute approximate surface area is 105 Å². The van der Waals surface area contributed by atoms with Gasteiger partial charge >= 0.3 is 12.0 Å². The minimum Gasteiger partial charge on any atom is -0.481 e. The van der Waals surface area contributed by atoms with E-state index in [4.69, 9.17) is 10.8 Å². The second-order valence-electron chi connectivity index (χ2n) is 4.66. The standard InChI is InChI=1S/C11H19N3O4/c12-8(15)3-6-13-10(18)14-11(7-9(16)17)4-1-2-5-11/h1-7H2,(H2,12,15)(H,16,17)(H2,13,14,18). The van der Waals surface area contributed by atoms with Crippen molar-refractivity contribution in [2.24, 2.45) is 5.73 Å². The van der Waals surface area contributed by atoms with Gasteiger partial charge in [0.15, 0.2) is 0 Å². The van der Waals surface area contributed by atoms with Crippen LogP contribution in [0.15, 0.2) is 0 Å². The van der Waals surface area contributed by atoms with Gasteiger partial charge in [-0.15, -0.1) is 0 Å². The van der Waals surface area contributed by atoms with Crippen LogP contribution in [-0.2, 0) is 9.59 Å². The van der Waals surface area contributed by atoms with E-state index in [0.717, 1.165) is 12.8 Å². The lowest BCUT2D eigenvalue weighted by molar-refractivity contribution is -0.138. The molecule has 102 valence electrons. The molecule has 0 radical (unpaired) electrons. The van der Waals surface area contributed by atoms with Crippen LogP contribution in [0.25, 0.3) is 0 Å². The maximum absolute atomic E-state index is 11.6. The van der Waals surface area contributed by atoms with Crippen molar-refractivity contribution in [1.82, 2.24) is 10.6 Å². The smallest absolute Gasteiger partial charge is 0.315 e. The number of carbonyl (C=O) groups excluding carboxylic acids is 2. The van der Waals surface area contributed by atoms with Crippen LogP contribution in [0.5, 0.6) is 0 Å². The number of nitrogens with two attached hydrogens (primary N) is 1. The Morgan fingerprint density at radius 1 is 1.22 bits per heavy atom. The summed E-state index contributed by atoms with van der Waals surface area (Å²) in [6, 6.07) is -0.445. The third kappa shape index (κ3) is 4.60. The highest BCUT2D eigenvalue weighted by molar-refractivity contribution is 5.78. The van der Waals surface area contributed by atoms with Crippen LogP contribution in [0.2, 0.25) is 0 Å². The molecule has 18 heavy (non-hydrogen) atoms. The molecule has 0 atom stereocenters. The number of carboxylic acid groups (broad SMARTS) is 1. The van der Waals surface area contributed by atoms with Crippen molar-refractivity contribution in [3.63, 3.8) is 0 Å². The second kappa shape index (κ2) is 6.23. The van der Waals surface area contributed by atoms with E-state index in [1.807, 2.05) is 0 Å². The van der Waals surface area contributed by atoms with Crippen molar-refractivity contribution in [3.8, 4) is 0 Å². The van der Waals surface area contributed by atoms with Crippen LogP contribution in [0.3, 0.4) is 0 Å². The van der Waals surface area contributed by atoms with Gasteiger partial charge in [-0.05, 0) is 12.8 Å². The number of nitrogens with one attached hydrogen (secondary N) is 2. The lowest BCUT2D eigenvalue weighted by Crippen LogP contribution is -2.52. The maximum Gasteiger partial charge on any atom is 0.315 e. The van der Waals surface area contributed by atoms with E-state index < -0.39 is 23.4 Å². The van der Waals surface area contributed by atoms with Gasteiger partial charge in [0.2, 0.25) is 5.91 Å². The quantitative estimate of drug-likeness (QED) is 0.532. The van der Waals surface area contributed by atoms with Crippen LogP contribution < -0.4 is 16.4 Å². The molecule has 0 unspecified atom stereocenters. The van der Waals surface area contributed by atoms with Gasteiger partial charge in [0, 0.05) is 13.0 Å². The lowest BCUT2D eigenvalue weighted by Gasteiger charge is -2.28. The summed E-state index contributed by atoms with van der Waals surface area (Å²) in [5.41, 5.74) is 4.30. The molecule has 1 saturated carbocycles. The number of urea groups is 1. The van der Waals surface area contributed by atoms with Crippen LogP contribution in [-0.4, -0.2) is 35.1 Å². The molecule has 0 aromatic carbocycles. The zero-order chi connectivity index (χ0) is 13.6. The van der Waals surface area contributed by atoms with Gasteiger partial charge in [-0.1, -0.05) is 12.8 Å². The molecule has 0 spiro atoms. The molecule has 1 rings (SSSR count). The van der Waals surface area contributed by atoms with Crippen LogP contribution >= 0.6 is 0 Å². The van der Waals surface area contributed by atoms with E-state index in [2.05, 4.69) is 10.6 Å². The molecule has 0 aromatic heterocycles. The van der Waals surface area contributed by atoms with Crippen molar-refractivity contribution in [1.29, 1.82) is 0 Å². The fourth-order valence-corrected chi connectivity index (χ4v) is 2.27. The summed E-state index contributed by atoms with van der Waals surface area (Å²) in [6.45, 7) is 0.157. The normalized spacial score (nSPS) is 17.1. The highest BCUT2D eigenvalue weighted by Crippen LogP contribution is 2.32. The number of rotatable bonds is 6. The van der Waals surface area contributed by atoms with Gasteiger partial charge in [0.1, 0.15) is 0 Å². The molecule has 0 bridgehead atoms. The van der Waals surface area contributed by atoms with Gasteiger partial charge in [-0.3, -0.25) is 9.59 Å². The molecule has 1 aliphatic rings. The summed E-state index contributed by atoms with van der Waals surface area (Å²) in [7, 11) is 0. The van der Waals surface area contributed by atoms with Crippen LogP contribution in [0.1, 0.15) is 38.5 Å². The van der Waals surface area contributed by atoms with Crippen molar-refractivity contribution < 1.29 is 19.5 Å². The second-order valence-corrected chi connectivity index (χ2v) is 4.66. The molecule has 1 fully saturated rings. The zero-order valence-electron chi connectivity index (χ0n) is 10.2. The average Bonchev–Trinajstić information content (AvgIpc) is 2.64. The predicted octanol–water partition coefficient (Wildman–Crippen LogP) is -0.0515. The average molecular weight is 257 g/mol. The van der Waals surface area contributed by atoms with Gasteiger partial charge < -0.3 is 21.5 Å². The van der Waals surface area contributed by atoms with E-state index in [9.17, 15) is 14.4 Å². The first kappa shape index (κ1) is 14.3. The third-order valence-electron chi connectivity index (χ3n) is 3.09. The Morgan fingerprint density at radius 3 is 2.33 bits per heavy atom. The van der Waals surface area contributed by atoms with Gasteiger partial charge in [-0.2, -0.15) is 0 Å². The molecule has 1 aliphatic carbocycles. The molecule has 5 N–H and O–H groups in total. The highest BCUT2D eigenvalue weighted by Gasteiger charge is 2.37. The number of hydrogen-bond donors (Lipinski definition) is 4. The highest BCUT2D eigenvalue weighted by atomic mass is 16.4. The molecule has 0 saturated heterocycles. The van der Waals surface area contributed by atoms with Crippen molar-refractivity contribution in [2.45, 2.75) is 44.1 Å². The van der Waals surface area contributed by atoms with Crippen LogP contribution in [0, 0.1) is 0 Å². The molecule has 0 heterocycles. The maximum atomic E-state index is 11.6. The van der Waals surface area contributed by atoms with Crippen molar-refractivity contribution in [2.75, 3.05) is 6.54 Å². The van der Waals surface area contributed by atoms with E-state index in [0.29, 0.717) is 12.8 Å². The zero-order valence-corrected chi connectivity index (χ0v) is 10.2. The molecular weight excluding hydrogens is 238 g/mol. The third-order valence-corrected chi connectivity index (χ3v) is 3.09. The Kier molecular flexibility index (Phi) is 4.94. The fourth-order valence-electron chi connectivity index (χ4n) is 2.27. The monoisotopic (exact) mass is 257 g/mol. The number of carboxylic acids is 1. The summed E-state index contributed by atoms with van der Waals surface area (Å²) in [5.74, 6) is -1.41. The summed E-state index contributed by atoms with van der Waals surface area (Å²) >= 11 is 0. The topological polar surface area (TPSA) is 122 Å². The van der Waals surface area contributed by atoms with Gasteiger partial charge in [-0.25, -0.2) is 4.79 Å². The fraction of sp³-hybridized carbons (Fsp3) is 0.727. The predicted molar refractivity (Wildman–Crippen MR) is 63.8 cm³/mol. The number of amides is 3. The molecule has 7 heteroatoms. The summed E-state index contributed by atoms with van der Waals surface area (Å²) in [5, 5.41) is 14.1. The van der Waals surface area contributed by atoms with E-state index >= 15 is 0 Å². The summed E-state index contributed by atoms with van der Waals surface area (Å²) in [6.07, 6.45) is 3.16. The summed E-state index contributed by atoms with van der Waals surface area (Å²) < 4.78 is 0. The molecule has 0 aliphatic heterocycles. The SMILES string of the molecule is NC(=O)CCNC(=O)NC1(CC(=O)O)CCCC1. The molecular formula is C11H19N3O4. The Bertz CT molecular complexity index is 337. The number of hydrogen-bond acceptors (Lipinski definition) is 3. The first-order chi connectivity index (χ1) is 8.43. The van der Waals surface area contributed by atoms with E-state index in [1.165, 1.54) is 0 Å². The summed E-state index contributed by atoms with van der Waals surface area (Å²) in [4.78, 5) is 32.9. The molecule has 0 aromatic rings. The molecule has 3 amide bonds. The Balaban J connectivity index is 2.43. The number of carbonyl (C=O) groups is 3. The van der Waals surface area contributed by atoms with E-state index in [1.54, 1.807) is 0 Å². The Morgan fingerprint density at radius 2 is 1.83 bits per heavy atom.